The van der Waals surface area contributed by atoms with Gasteiger partial charge in [-0.1, -0.05) is 96.9 Å². The zero-order valence-corrected chi connectivity index (χ0v) is 26.7. The Morgan fingerprint density at radius 3 is 2.00 bits per heavy atom. The van der Waals surface area contributed by atoms with Crippen LogP contribution in [0.5, 0.6) is 0 Å². The van der Waals surface area contributed by atoms with Crippen molar-refractivity contribution in [1.82, 2.24) is 10.2 Å². The van der Waals surface area contributed by atoms with E-state index in [9.17, 15) is 18.0 Å². The summed E-state index contributed by atoms with van der Waals surface area (Å²) in [6, 6.07) is 30.1. The zero-order chi connectivity index (χ0) is 31.7. The summed E-state index contributed by atoms with van der Waals surface area (Å²) in [7, 11) is -4.13. The van der Waals surface area contributed by atoms with E-state index < -0.39 is 28.5 Å². The number of carbonyl (C=O) groups is 2. The molecule has 1 N–H and O–H groups in total. The van der Waals surface area contributed by atoms with Crippen LogP contribution in [0.15, 0.2) is 108 Å². The Labute approximate surface area is 261 Å². The number of aryl methyl sites for hydroxylation is 3. The van der Waals surface area contributed by atoms with E-state index in [1.54, 1.807) is 42.5 Å². The Morgan fingerprint density at radius 2 is 1.39 bits per heavy atom. The first-order valence-corrected chi connectivity index (χ1v) is 16.3. The van der Waals surface area contributed by atoms with Crippen molar-refractivity contribution >= 4 is 27.5 Å². The van der Waals surface area contributed by atoms with Gasteiger partial charge < -0.3 is 10.2 Å². The van der Waals surface area contributed by atoms with Gasteiger partial charge in [-0.3, -0.25) is 13.9 Å². The van der Waals surface area contributed by atoms with Gasteiger partial charge in [0.25, 0.3) is 10.0 Å². The number of anilines is 1. The van der Waals surface area contributed by atoms with Crippen LogP contribution in [0.1, 0.15) is 41.2 Å². The van der Waals surface area contributed by atoms with Crippen LogP contribution >= 0.6 is 0 Å². The predicted molar refractivity (Wildman–Crippen MR) is 176 cm³/mol. The smallest absolute Gasteiger partial charge is 0.264 e. The minimum atomic E-state index is -4.13. The van der Waals surface area contributed by atoms with Crippen LogP contribution in [0.25, 0.3) is 0 Å². The number of benzene rings is 4. The number of amides is 2. The van der Waals surface area contributed by atoms with Crippen molar-refractivity contribution in [2.24, 2.45) is 0 Å². The number of rotatable bonds is 13. The standard InChI is InChI=1S/C36H41N3O4S/c1-5-22-37-36(41)34(24-30-11-7-6-8-12-30)38(25-31-18-14-27(2)15-19-31)35(40)26-39(32-13-9-10-29(4)23-32)44(42,43)33-20-16-28(3)17-21-33/h6-21,23,34H,5,22,24-26H2,1-4H3,(H,37,41). The highest BCUT2D eigenvalue weighted by Gasteiger charge is 2.34. The molecule has 230 valence electrons. The molecule has 7 nitrogen and oxygen atoms in total. The molecule has 8 heteroatoms. The molecule has 0 aliphatic heterocycles. The summed E-state index contributed by atoms with van der Waals surface area (Å²) in [6.45, 7) is 7.85. The number of sulfonamides is 1. The largest absolute Gasteiger partial charge is 0.354 e. The third kappa shape index (κ3) is 8.35. The summed E-state index contributed by atoms with van der Waals surface area (Å²) in [4.78, 5) is 29.8. The van der Waals surface area contributed by atoms with E-state index in [1.807, 2.05) is 88.4 Å². The van der Waals surface area contributed by atoms with Crippen molar-refractivity contribution in [3.8, 4) is 0 Å². The van der Waals surface area contributed by atoms with E-state index >= 15 is 0 Å². The lowest BCUT2D eigenvalue weighted by Crippen LogP contribution is -2.53. The summed E-state index contributed by atoms with van der Waals surface area (Å²) >= 11 is 0. The summed E-state index contributed by atoms with van der Waals surface area (Å²) in [5.74, 6) is -0.755. The van der Waals surface area contributed by atoms with E-state index in [0.29, 0.717) is 12.2 Å². The maximum atomic E-state index is 14.5. The van der Waals surface area contributed by atoms with Crippen molar-refractivity contribution in [1.29, 1.82) is 0 Å². The highest BCUT2D eigenvalue weighted by Crippen LogP contribution is 2.26. The van der Waals surface area contributed by atoms with Crippen LogP contribution < -0.4 is 9.62 Å². The molecule has 2 amide bonds. The van der Waals surface area contributed by atoms with E-state index in [4.69, 9.17) is 0 Å². The van der Waals surface area contributed by atoms with Crippen molar-refractivity contribution in [3.63, 3.8) is 0 Å². The predicted octanol–water partition coefficient (Wildman–Crippen LogP) is 5.97. The molecular weight excluding hydrogens is 570 g/mol. The summed E-state index contributed by atoms with van der Waals surface area (Å²) in [6.07, 6.45) is 1.02. The highest BCUT2D eigenvalue weighted by atomic mass is 32.2. The summed E-state index contributed by atoms with van der Waals surface area (Å²) in [5, 5.41) is 2.97. The lowest BCUT2D eigenvalue weighted by Gasteiger charge is -2.34. The molecule has 0 heterocycles. The minimum absolute atomic E-state index is 0.0871. The van der Waals surface area contributed by atoms with Gasteiger partial charge >= 0.3 is 0 Å². The Kier molecular flexibility index (Phi) is 11.0. The second kappa shape index (κ2) is 14.8. The topological polar surface area (TPSA) is 86.8 Å². The third-order valence-corrected chi connectivity index (χ3v) is 9.26. The first kappa shape index (κ1) is 32.5. The maximum absolute atomic E-state index is 14.5. The van der Waals surface area contributed by atoms with Crippen LogP contribution in [0, 0.1) is 20.8 Å². The SMILES string of the molecule is CCCNC(=O)C(Cc1ccccc1)N(Cc1ccc(C)cc1)C(=O)CN(c1cccc(C)c1)S(=O)(=O)c1ccc(C)cc1. The van der Waals surface area contributed by atoms with Gasteiger partial charge in [-0.25, -0.2) is 8.42 Å². The lowest BCUT2D eigenvalue weighted by atomic mass is 10.0. The number of hydrogen-bond acceptors (Lipinski definition) is 4. The van der Waals surface area contributed by atoms with Crippen LogP contribution in [0.3, 0.4) is 0 Å². The van der Waals surface area contributed by atoms with Gasteiger partial charge in [-0.15, -0.1) is 0 Å². The molecule has 0 spiro atoms. The van der Waals surface area contributed by atoms with Gasteiger partial charge in [0, 0.05) is 19.5 Å². The Bertz CT molecular complexity index is 1650. The third-order valence-electron chi connectivity index (χ3n) is 7.47. The molecule has 0 aliphatic carbocycles. The Hall–Kier alpha value is -4.43. The molecule has 4 rings (SSSR count). The molecule has 1 unspecified atom stereocenters. The molecule has 44 heavy (non-hydrogen) atoms. The molecule has 0 fully saturated rings. The van der Waals surface area contributed by atoms with Crippen molar-refractivity contribution in [3.05, 3.63) is 131 Å². The van der Waals surface area contributed by atoms with Crippen molar-refractivity contribution < 1.29 is 18.0 Å². The van der Waals surface area contributed by atoms with Gasteiger partial charge in [0.15, 0.2) is 0 Å². The molecule has 1 atom stereocenters. The quantitative estimate of drug-likeness (QED) is 0.202. The highest BCUT2D eigenvalue weighted by molar-refractivity contribution is 7.92. The van der Waals surface area contributed by atoms with Gasteiger partial charge in [0.2, 0.25) is 11.8 Å². The second-order valence-corrected chi connectivity index (χ2v) is 13.0. The molecule has 0 radical (unpaired) electrons. The molecular formula is C36H41N3O4S. The molecule has 0 aliphatic rings. The molecule has 0 saturated carbocycles. The van der Waals surface area contributed by atoms with E-state index in [1.165, 1.54) is 4.90 Å². The van der Waals surface area contributed by atoms with Gasteiger partial charge in [0.05, 0.1) is 10.6 Å². The Morgan fingerprint density at radius 1 is 0.750 bits per heavy atom. The lowest BCUT2D eigenvalue weighted by molar-refractivity contribution is -0.140. The summed E-state index contributed by atoms with van der Waals surface area (Å²) in [5.41, 5.74) is 4.97. The van der Waals surface area contributed by atoms with Crippen molar-refractivity contribution in [2.75, 3.05) is 17.4 Å². The van der Waals surface area contributed by atoms with Gasteiger partial charge in [-0.2, -0.15) is 0 Å². The van der Waals surface area contributed by atoms with E-state index in [-0.39, 0.29) is 23.8 Å². The monoisotopic (exact) mass is 611 g/mol. The number of nitrogens with one attached hydrogen (secondary N) is 1. The molecule has 4 aromatic rings. The van der Waals surface area contributed by atoms with Crippen LogP contribution in [-0.4, -0.2) is 44.3 Å². The fraction of sp³-hybridized carbons (Fsp3) is 0.278. The van der Waals surface area contributed by atoms with E-state index in [0.717, 1.165) is 38.5 Å². The average Bonchev–Trinajstić information content (AvgIpc) is 3.01. The number of nitrogens with zero attached hydrogens (tertiary/aromatic N) is 2. The maximum Gasteiger partial charge on any atom is 0.264 e. The van der Waals surface area contributed by atoms with Crippen LogP contribution in [0.4, 0.5) is 5.69 Å². The number of carbonyl (C=O) groups excluding carboxylic acids is 2. The fourth-order valence-corrected chi connectivity index (χ4v) is 6.37. The Balaban J connectivity index is 1.79. The minimum Gasteiger partial charge on any atom is -0.354 e. The molecule has 4 aromatic carbocycles. The first-order valence-electron chi connectivity index (χ1n) is 14.9. The van der Waals surface area contributed by atoms with Gasteiger partial charge in [0.1, 0.15) is 12.6 Å². The van der Waals surface area contributed by atoms with Gasteiger partial charge in [-0.05, 0) is 68.1 Å². The molecule has 0 aromatic heterocycles. The first-order chi connectivity index (χ1) is 21.1. The fourth-order valence-electron chi connectivity index (χ4n) is 4.96. The zero-order valence-electron chi connectivity index (χ0n) is 25.9. The molecule has 0 saturated heterocycles. The normalized spacial score (nSPS) is 11.9. The van der Waals surface area contributed by atoms with Crippen LogP contribution in [-0.2, 0) is 32.6 Å². The second-order valence-electron chi connectivity index (χ2n) is 11.2. The average molecular weight is 612 g/mol. The van der Waals surface area contributed by atoms with E-state index in [2.05, 4.69) is 5.32 Å². The molecule has 0 bridgehead atoms. The number of hydrogen-bond donors (Lipinski definition) is 1. The van der Waals surface area contributed by atoms with Crippen LogP contribution in [0.2, 0.25) is 0 Å². The summed E-state index contributed by atoms with van der Waals surface area (Å²) < 4.78 is 29.4. The van der Waals surface area contributed by atoms with Crippen molar-refractivity contribution in [2.45, 2.75) is 58.0 Å².